The molecule has 0 amide bonds. The number of nitrogens with zero attached hydrogens (tertiary/aromatic N) is 1. The fraction of sp³-hybridized carbons (Fsp3) is 0.308. The van der Waals surface area contributed by atoms with Crippen LogP contribution >= 0.6 is 11.8 Å². The van der Waals surface area contributed by atoms with Gasteiger partial charge in [-0.2, -0.15) is 5.10 Å². The second-order valence-corrected chi connectivity index (χ2v) is 7.16. The Morgan fingerprint density at radius 3 is 2.40 bits per heavy atom. The number of hydrogen-bond acceptors (Lipinski definition) is 4. The zero-order valence-corrected chi connectivity index (χ0v) is 13.2. The average Bonchev–Trinajstić information content (AvgIpc) is 2.85. The summed E-state index contributed by atoms with van der Waals surface area (Å²) in [7, 11) is -3.58. The molecule has 0 unspecified atom stereocenters. The molecular weight excluding hydrogens is 294 g/mol. The number of hydrogen-bond donors (Lipinski definition) is 2. The molecule has 2 aromatic rings. The molecule has 0 aliphatic carbocycles. The van der Waals surface area contributed by atoms with E-state index in [4.69, 9.17) is 0 Å². The Hall–Kier alpha value is -1.47. The lowest BCUT2D eigenvalue weighted by Crippen LogP contribution is -2.13. The molecule has 0 radical (unpaired) electrons. The molecule has 1 aromatic carbocycles. The van der Waals surface area contributed by atoms with Crippen LogP contribution in [-0.2, 0) is 10.0 Å². The third kappa shape index (κ3) is 3.34. The van der Waals surface area contributed by atoms with Crippen LogP contribution in [0.25, 0.3) is 0 Å². The molecule has 7 heteroatoms. The fourth-order valence-corrected chi connectivity index (χ4v) is 3.07. The highest BCUT2D eigenvalue weighted by Gasteiger charge is 2.15. The maximum absolute atomic E-state index is 12.2. The van der Waals surface area contributed by atoms with Gasteiger partial charge in [0.15, 0.2) is 0 Å². The molecule has 2 N–H and O–H groups in total. The van der Waals surface area contributed by atoms with Crippen LogP contribution in [0.3, 0.4) is 0 Å². The molecule has 0 fully saturated rings. The number of nitrogens with one attached hydrogen (secondary N) is 2. The Labute approximate surface area is 123 Å². The van der Waals surface area contributed by atoms with E-state index in [1.807, 2.05) is 18.4 Å². The maximum atomic E-state index is 12.2. The lowest BCUT2D eigenvalue weighted by Gasteiger charge is -2.08. The van der Waals surface area contributed by atoms with Crippen molar-refractivity contribution in [2.24, 2.45) is 0 Å². The first-order chi connectivity index (χ1) is 9.42. The predicted octanol–water partition coefficient (Wildman–Crippen LogP) is 3.06. The van der Waals surface area contributed by atoms with Gasteiger partial charge in [-0.25, -0.2) is 8.42 Å². The Bertz CT molecular complexity index is 676. The van der Waals surface area contributed by atoms with Crippen LogP contribution in [0.2, 0.25) is 0 Å². The second kappa shape index (κ2) is 5.88. The van der Waals surface area contributed by atoms with Gasteiger partial charge in [0.05, 0.1) is 4.90 Å². The predicted molar refractivity (Wildman–Crippen MR) is 81.7 cm³/mol. The summed E-state index contributed by atoms with van der Waals surface area (Å²) in [6.45, 7) is 4.13. The Morgan fingerprint density at radius 2 is 1.90 bits per heavy atom. The second-order valence-electron chi connectivity index (χ2n) is 4.65. The zero-order chi connectivity index (χ0) is 14.8. The van der Waals surface area contributed by atoms with Crippen LogP contribution in [0.5, 0.6) is 0 Å². The number of aromatic nitrogens is 2. The molecule has 0 saturated heterocycles. The van der Waals surface area contributed by atoms with Gasteiger partial charge in [0, 0.05) is 6.07 Å². The van der Waals surface area contributed by atoms with Crippen molar-refractivity contribution >= 4 is 27.6 Å². The quantitative estimate of drug-likeness (QED) is 0.832. The molecule has 0 aliphatic rings. The van der Waals surface area contributed by atoms with Gasteiger partial charge in [0.1, 0.15) is 10.8 Å². The summed E-state index contributed by atoms with van der Waals surface area (Å²) >= 11 is 1.44. The van der Waals surface area contributed by atoms with Crippen molar-refractivity contribution in [2.45, 2.75) is 29.7 Å². The van der Waals surface area contributed by atoms with E-state index < -0.39 is 10.0 Å². The van der Waals surface area contributed by atoms with Crippen LogP contribution < -0.4 is 4.72 Å². The normalized spacial score (nSPS) is 11.8. The van der Waals surface area contributed by atoms with Crippen molar-refractivity contribution < 1.29 is 8.42 Å². The van der Waals surface area contributed by atoms with Crippen molar-refractivity contribution in [3.8, 4) is 0 Å². The Kier molecular flexibility index (Phi) is 4.39. The molecule has 0 aliphatic heterocycles. The third-order valence-electron chi connectivity index (χ3n) is 2.86. The molecule has 0 saturated carbocycles. The van der Waals surface area contributed by atoms with Gasteiger partial charge in [-0.3, -0.25) is 9.82 Å². The summed E-state index contributed by atoms with van der Waals surface area (Å²) in [5, 5.41) is 7.35. The van der Waals surface area contributed by atoms with Crippen LogP contribution in [0.1, 0.15) is 25.3 Å². The highest BCUT2D eigenvalue weighted by molar-refractivity contribution is 7.98. The van der Waals surface area contributed by atoms with E-state index in [1.54, 1.807) is 18.2 Å². The first-order valence-corrected chi connectivity index (χ1v) is 8.85. The molecule has 1 heterocycles. The third-order valence-corrected chi connectivity index (χ3v) is 4.87. The molecule has 1 aromatic heterocycles. The number of H-pyrrole nitrogens is 1. The largest absolute Gasteiger partial charge is 0.264 e. The minimum Gasteiger partial charge on any atom is -0.264 e. The number of benzene rings is 1. The van der Waals surface area contributed by atoms with E-state index >= 15 is 0 Å². The van der Waals surface area contributed by atoms with Crippen molar-refractivity contribution in [1.29, 1.82) is 0 Å². The summed E-state index contributed by atoms with van der Waals surface area (Å²) in [4.78, 5) is 0.238. The Morgan fingerprint density at radius 1 is 1.25 bits per heavy atom. The van der Waals surface area contributed by atoms with Crippen molar-refractivity contribution in [3.05, 3.63) is 35.9 Å². The van der Waals surface area contributed by atoms with Crippen molar-refractivity contribution in [1.82, 2.24) is 10.2 Å². The van der Waals surface area contributed by atoms with Crippen molar-refractivity contribution in [3.63, 3.8) is 0 Å². The average molecular weight is 311 g/mol. The lowest BCUT2D eigenvalue weighted by molar-refractivity contribution is 0.601. The molecule has 0 atom stereocenters. The number of rotatable bonds is 5. The first-order valence-electron chi connectivity index (χ1n) is 6.14. The van der Waals surface area contributed by atoms with Gasteiger partial charge in [-0.1, -0.05) is 26.0 Å². The monoisotopic (exact) mass is 311 g/mol. The summed E-state index contributed by atoms with van der Waals surface area (Å²) < 4.78 is 26.9. The van der Waals surface area contributed by atoms with E-state index in [0.29, 0.717) is 11.7 Å². The molecule has 20 heavy (non-hydrogen) atoms. The minimum atomic E-state index is -3.58. The summed E-state index contributed by atoms with van der Waals surface area (Å²) in [6.07, 6.45) is 1.87. The molecule has 0 bridgehead atoms. The molecule has 5 nitrogen and oxygen atoms in total. The molecule has 0 spiro atoms. The van der Waals surface area contributed by atoms with E-state index in [-0.39, 0.29) is 4.90 Å². The summed E-state index contributed by atoms with van der Waals surface area (Å²) in [5.41, 5.74) is 1.11. The SMILES string of the molecule is CSc1cc(NS(=O)(=O)c2ccc(C(C)C)cc2)[nH]n1. The van der Waals surface area contributed by atoms with E-state index in [0.717, 1.165) is 10.6 Å². The first kappa shape index (κ1) is 14.9. The van der Waals surface area contributed by atoms with E-state index in [1.165, 1.54) is 11.8 Å². The van der Waals surface area contributed by atoms with Gasteiger partial charge in [-0.05, 0) is 29.9 Å². The van der Waals surface area contributed by atoms with Gasteiger partial charge in [0.25, 0.3) is 10.0 Å². The minimum absolute atomic E-state index is 0.238. The van der Waals surface area contributed by atoms with Gasteiger partial charge >= 0.3 is 0 Å². The number of sulfonamides is 1. The highest BCUT2D eigenvalue weighted by Crippen LogP contribution is 2.21. The smallest absolute Gasteiger partial charge is 0.263 e. The van der Waals surface area contributed by atoms with Gasteiger partial charge in [-0.15, -0.1) is 11.8 Å². The number of anilines is 1. The topological polar surface area (TPSA) is 74.8 Å². The number of aromatic amines is 1. The van der Waals surface area contributed by atoms with Gasteiger partial charge in [0.2, 0.25) is 0 Å². The van der Waals surface area contributed by atoms with Crippen molar-refractivity contribution in [2.75, 3.05) is 11.0 Å². The van der Waals surface area contributed by atoms with Crippen LogP contribution in [0.15, 0.2) is 40.3 Å². The molecule has 2 rings (SSSR count). The van der Waals surface area contributed by atoms with Gasteiger partial charge < -0.3 is 0 Å². The highest BCUT2D eigenvalue weighted by atomic mass is 32.2. The molecular formula is C13H17N3O2S2. The van der Waals surface area contributed by atoms with Crippen LogP contribution in [0.4, 0.5) is 5.82 Å². The maximum Gasteiger partial charge on any atom is 0.263 e. The Balaban J connectivity index is 2.21. The fourth-order valence-electron chi connectivity index (χ4n) is 1.70. The number of thioether (sulfide) groups is 1. The van der Waals surface area contributed by atoms with E-state index in [2.05, 4.69) is 28.8 Å². The van der Waals surface area contributed by atoms with Crippen LogP contribution in [-0.4, -0.2) is 24.9 Å². The molecule has 108 valence electrons. The van der Waals surface area contributed by atoms with E-state index in [9.17, 15) is 8.42 Å². The standard InChI is InChI=1S/C13H17N3O2S2/c1-9(2)10-4-6-11(7-5-10)20(17,18)16-12-8-13(19-3)15-14-12/h4-9H,1-3H3,(H2,14,15,16). The zero-order valence-electron chi connectivity index (χ0n) is 11.5. The van der Waals surface area contributed by atoms with Crippen LogP contribution in [0, 0.1) is 0 Å². The lowest BCUT2D eigenvalue weighted by atomic mass is 10.0. The summed E-state index contributed by atoms with van der Waals surface area (Å²) in [6, 6.07) is 8.55. The summed E-state index contributed by atoms with van der Waals surface area (Å²) in [5.74, 6) is 0.735.